The molecular formula is C23H27N5O5. The minimum absolute atomic E-state index is 0.163. The van der Waals surface area contributed by atoms with E-state index in [1.165, 1.54) is 9.20 Å². The first-order chi connectivity index (χ1) is 15.9. The molecule has 0 N–H and O–H groups in total. The number of piperidine rings is 1. The number of likely N-dealkylation sites (tertiary alicyclic amines) is 1. The second kappa shape index (κ2) is 9.43. The molecule has 10 heteroatoms. The van der Waals surface area contributed by atoms with Gasteiger partial charge in [-0.05, 0) is 57.0 Å². The zero-order chi connectivity index (χ0) is 23.5. The van der Waals surface area contributed by atoms with Gasteiger partial charge in [0.15, 0.2) is 0 Å². The zero-order valence-electron chi connectivity index (χ0n) is 19.0. The van der Waals surface area contributed by atoms with Crippen LogP contribution in [0.2, 0.25) is 0 Å². The Bertz CT molecular complexity index is 1220. The molecule has 1 fully saturated rings. The molecule has 0 unspecified atom stereocenters. The number of nitrogens with zero attached hydrogens (tertiary/aromatic N) is 5. The maximum absolute atomic E-state index is 13.0. The van der Waals surface area contributed by atoms with Gasteiger partial charge in [0.05, 0.1) is 25.3 Å². The number of carbonyl (C=O) groups is 2. The summed E-state index contributed by atoms with van der Waals surface area (Å²) in [5.41, 5.74) is 1.43. The molecule has 0 aliphatic carbocycles. The highest BCUT2D eigenvalue weighted by Crippen LogP contribution is 2.22. The average molecular weight is 453 g/mol. The number of methoxy groups -OCH3 is 1. The van der Waals surface area contributed by atoms with Crippen LogP contribution in [0.5, 0.6) is 5.75 Å². The van der Waals surface area contributed by atoms with Crippen molar-refractivity contribution in [1.82, 2.24) is 24.3 Å². The van der Waals surface area contributed by atoms with Gasteiger partial charge in [0.2, 0.25) is 5.91 Å². The number of rotatable bonds is 6. The van der Waals surface area contributed by atoms with Gasteiger partial charge in [-0.1, -0.05) is 0 Å². The first-order valence-corrected chi connectivity index (χ1v) is 11.0. The Hall–Kier alpha value is -3.69. The second-order valence-corrected chi connectivity index (χ2v) is 7.97. The van der Waals surface area contributed by atoms with E-state index in [-0.39, 0.29) is 29.9 Å². The summed E-state index contributed by atoms with van der Waals surface area (Å²) in [6.07, 6.45) is 1.11. The van der Waals surface area contributed by atoms with Crippen molar-refractivity contribution in [3.05, 3.63) is 46.5 Å². The number of fused-ring (bicyclic) bond motifs is 1. The van der Waals surface area contributed by atoms with Crippen LogP contribution >= 0.6 is 0 Å². The number of carbonyl (C=O) groups excluding carboxylic acids is 2. The van der Waals surface area contributed by atoms with Crippen LogP contribution in [0.4, 0.5) is 0 Å². The molecule has 3 heterocycles. The van der Waals surface area contributed by atoms with Crippen molar-refractivity contribution < 1.29 is 19.1 Å². The highest BCUT2D eigenvalue weighted by molar-refractivity contribution is 5.77. The van der Waals surface area contributed by atoms with Gasteiger partial charge in [0.25, 0.3) is 5.56 Å². The lowest BCUT2D eigenvalue weighted by molar-refractivity contribution is -0.151. The van der Waals surface area contributed by atoms with E-state index in [2.05, 4.69) is 10.2 Å². The number of ether oxygens (including phenoxy) is 2. The molecule has 174 valence electrons. The van der Waals surface area contributed by atoms with E-state index < -0.39 is 0 Å². The predicted molar refractivity (Wildman–Crippen MR) is 120 cm³/mol. The molecule has 0 atom stereocenters. The monoisotopic (exact) mass is 453 g/mol. The standard InChI is InChI=1S/C23H27N5O5/c1-4-33-23(31)17-9-11-26(12-10-17)21(29)14-27-22(30)20-13-19(25-28(20)15(2)24-27)16-5-7-18(32-3)8-6-16/h5-8,13,17H,4,9-12,14H2,1-3H3. The fourth-order valence-corrected chi connectivity index (χ4v) is 4.04. The molecule has 1 aliphatic heterocycles. The molecule has 1 saturated heterocycles. The van der Waals surface area contributed by atoms with Crippen LogP contribution in [0.25, 0.3) is 16.8 Å². The van der Waals surface area contributed by atoms with E-state index in [0.29, 0.717) is 49.6 Å². The smallest absolute Gasteiger partial charge is 0.309 e. The number of esters is 1. The van der Waals surface area contributed by atoms with Crippen molar-refractivity contribution in [2.45, 2.75) is 33.2 Å². The Balaban J connectivity index is 1.51. The predicted octanol–water partition coefficient (Wildman–Crippen LogP) is 1.68. The van der Waals surface area contributed by atoms with Crippen LogP contribution in [0.3, 0.4) is 0 Å². The number of hydrogen-bond acceptors (Lipinski definition) is 7. The summed E-state index contributed by atoms with van der Waals surface area (Å²) in [4.78, 5) is 39.5. The van der Waals surface area contributed by atoms with Crippen molar-refractivity contribution in [2.75, 3.05) is 26.8 Å². The highest BCUT2D eigenvalue weighted by Gasteiger charge is 2.28. The van der Waals surface area contributed by atoms with Crippen molar-refractivity contribution in [3.63, 3.8) is 0 Å². The fraction of sp³-hybridized carbons (Fsp3) is 0.435. The zero-order valence-corrected chi connectivity index (χ0v) is 19.0. The van der Waals surface area contributed by atoms with E-state index >= 15 is 0 Å². The highest BCUT2D eigenvalue weighted by atomic mass is 16.5. The summed E-state index contributed by atoms with van der Waals surface area (Å²) >= 11 is 0. The number of aryl methyl sites for hydroxylation is 1. The SMILES string of the molecule is CCOC(=O)C1CCN(C(=O)Cn2nc(C)n3nc(-c4ccc(OC)cc4)cc3c2=O)CC1. The third-order valence-electron chi connectivity index (χ3n) is 5.87. The number of aromatic nitrogens is 4. The first kappa shape index (κ1) is 22.5. The number of benzene rings is 1. The van der Waals surface area contributed by atoms with Crippen molar-refractivity contribution in [1.29, 1.82) is 0 Å². The van der Waals surface area contributed by atoms with Gasteiger partial charge in [-0.25, -0.2) is 9.20 Å². The summed E-state index contributed by atoms with van der Waals surface area (Å²) in [5.74, 6) is 0.629. The van der Waals surface area contributed by atoms with E-state index in [1.807, 2.05) is 24.3 Å². The topological polar surface area (TPSA) is 108 Å². The van der Waals surface area contributed by atoms with Crippen molar-refractivity contribution in [2.24, 2.45) is 5.92 Å². The number of hydrogen-bond donors (Lipinski definition) is 0. The van der Waals surface area contributed by atoms with Gasteiger partial charge in [-0.3, -0.25) is 14.4 Å². The normalized spacial score (nSPS) is 14.5. The van der Waals surface area contributed by atoms with Crippen LogP contribution in [0, 0.1) is 12.8 Å². The molecule has 1 aromatic carbocycles. The van der Waals surface area contributed by atoms with E-state index in [0.717, 1.165) is 11.3 Å². The van der Waals surface area contributed by atoms with Crippen molar-refractivity contribution in [3.8, 4) is 17.0 Å². The minimum Gasteiger partial charge on any atom is -0.497 e. The summed E-state index contributed by atoms with van der Waals surface area (Å²) in [7, 11) is 1.60. The largest absolute Gasteiger partial charge is 0.497 e. The molecular weight excluding hydrogens is 426 g/mol. The van der Waals surface area contributed by atoms with Crippen LogP contribution in [-0.2, 0) is 20.9 Å². The van der Waals surface area contributed by atoms with Gasteiger partial charge in [0, 0.05) is 18.7 Å². The van der Waals surface area contributed by atoms with E-state index in [4.69, 9.17) is 9.47 Å². The Morgan fingerprint density at radius 3 is 2.45 bits per heavy atom. The van der Waals surface area contributed by atoms with Crippen molar-refractivity contribution >= 4 is 17.4 Å². The average Bonchev–Trinajstić information content (AvgIpc) is 3.29. The van der Waals surface area contributed by atoms with Gasteiger partial charge < -0.3 is 14.4 Å². The van der Waals surface area contributed by atoms with Gasteiger partial charge >= 0.3 is 5.97 Å². The molecule has 1 aliphatic rings. The maximum Gasteiger partial charge on any atom is 0.309 e. The lowest BCUT2D eigenvalue weighted by atomic mass is 9.97. The number of amides is 1. The molecule has 1 amide bonds. The van der Waals surface area contributed by atoms with E-state index in [1.54, 1.807) is 31.9 Å². The molecule has 0 bridgehead atoms. The van der Waals surface area contributed by atoms with E-state index in [9.17, 15) is 14.4 Å². The van der Waals surface area contributed by atoms with Gasteiger partial charge in [0.1, 0.15) is 23.6 Å². The summed E-state index contributed by atoms with van der Waals surface area (Å²) in [6, 6.07) is 9.08. The quantitative estimate of drug-likeness (QED) is 0.523. The third-order valence-corrected chi connectivity index (χ3v) is 5.87. The molecule has 2 aromatic heterocycles. The van der Waals surface area contributed by atoms with Crippen LogP contribution in [0.1, 0.15) is 25.6 Å². The molecule has 0 radical (unpaired) electrons. The molecule has 0 saturated carbocycles. The lowest BCUT2D eigenvalue weighted by Gasteiger charge is -2.30. The van der Waals surface area contributed by atoms with Gasteiger partial charge in [-0.2, -0.15) is 10.2 Å². The van der Waals surface area contributed by atoms with Crippen LogP contribution in [0.15, 0.2) is 35.1 Å². The maximum atomic E-state index is 13.0. The lowest BCUT2D eigenvalue weighted by Crippen LogP contribution is -2.43. The Morgan fingerprint density at radius 2 is 1.82 bits per heavy atom. The molecule has 4 rings (SSSR count). The third kappa shape index (κ3) is 4.59. The van der Waals surface area contributed by atoms with Crippen LogP contribution in [-0.4, -0.2) is 63.0 Å². The van der Waals surface area contributed by atoms with Crippen LogP contribution < -0.4 is 10.3 Å². The summed E-state index contributed by atoms with van der Waals surface area (Å²) < 4.78 is 12.9. The molecule has 0 spiro atoms. The van der Waals surface area contributed by atoms with Gasteiger partial charge in [-0.15, -0.1) is 0 Å². The first-order valence-electron chi connectivity index (χ1n) is 11.0. The molecule has 33 heavy (non-hydrogen) atoms. The Kier molecular flexibility index (Phi) is 6.43. The Morgan fingerprint density at radius 1 is 1.12 bits per heavy atom. The Labute approximate surface area is 190 Å². The minimum atomic E-state index is -0.386. The fourth-order valence-electron chi connectivity index (χ4n) is 4.04. The summed E-state index contributed by atoms with van der Waals surface area (Å²) in [5, 5.41) is 8.81. The molecule has 10 nitrogen and oxygen atoms in total. The molecule has 3 aromatic rings. The second-order valence-electron chi connectivity index (χ2n) is 7.97. The summed E-state index contributed by atoms with van der Waals surface area (Å²) in [6.45, 7) is 4.61.